The Morgan fingerprint density at radius 1 is 1.17 bits per heavy atom. The Labute approximate surface area is 115 Å². The van der Waals surface area contributed by atoms with Crippen LogP contribution in [0.5, 0.6) is 0 Å². The van der Waals surface area contributed by atoms with E-state index in [0.29, 0.717) is 19.5 Å². The molecular weight excluding hydrogens is 292 g/mol. The maximum atomic E-state index is 8.72. The Balaban J connectivity index is 2.13. The third kappa shape index (κ3) is 3.38. The van der Waals surface area contributed by atoms with Crippen LogP contribution in [-0.2, 0) is 6.54 Å². The number of benzene rings is 1. The van der Waals surface area contributed by atoms with Crippen LogP contribution in [-0.4, -0.2) is 6.54 Å². The molecule has 0 aliphatic heterocycles. The zero-order valence-electron chi connectivity index (χ0n) is 9.84. The summed E-state index contributed by atoms with van der Waals surface area (Å²) in [6.45, 7) is 1.36. The van der Waals surface area contributed by atoms with Gasteiger partial charge in [0.25, 0.3) is 0 Å². The topological polar surface area (TPSA) is 40.2 Å². The number of furan rings is 1. The van der Waals surface area contributed by atoms with Gasteiger partial charge in [0.05, 0.1) is 19.0 Å². The van der Waals surface area contributed by atoms with Crippen molar-refractivity contribution in [1.82, 2.24) is 0 Å². The lowest BCUT2D eigenvalue weighted by Gasteiger charge is -2.22. The van der Waals surface area contributed by atoms with Crippen molar-refractivity contribution in [2.75, 3.05) is 11.4 Å². The summed E-state index contributed by atoms with van der Waals surface area (Å²) >= 11 is 3.29. The van der Waals surface area contributed by atoms with Gasteiger partial charge >= 0.3 is 0 Å². The second kappa shape index (κ2) is 6.27. The van der Waals surface area contributed by atoms with E-state index in [9.17, 15) is 0 Å². The molecule has 0 saturated carbocycles. The van der Waals surface area contributed by atoms with Crippen molar-refractivity contribution in [2.45, 2.75) is 13.0 Å². The molecule has 0 aliphatic carbocycles. The number of halogens is 1. The average Bonchev–Trinajstić information content (AvgIpc) is 2.81. The summed E-state index contributed by atoms with van der Waals surface area (Å²) < 4.78 is 6.24. The first-order chi connectivity index (χ1) is 8.79. The van der Waals surface area contributed by atoms with Crippen molar-refractivity contribution < 1.29 is 4.42 Å². The minimum atomic E-state index is 0.497. The normalized spacial score (nSPS) is 10.0. The summed E-state index contributed by atoms with van der Waals surface area (Å²) in [5.41, 5.74) is 1.10. The van der Waals surface area contributed by atoms with Crippen molar-refractivity contribution >= 4 is 21.6 Å². The van der Waals surface area contributed by atoms with E-state index in [0.717, 1.165) is 16.1 Å². The summed E-state index contributed by atoms with van der Waals surface area (Å²) in [6, 6.07) is 16.0. The summed E-state index contributed by atoms with van der Waals surface area (Å²) in [6.07, 6.45) is 0.497. The van der Waals surface area contributed by atoms with Crippen LogP contribution in [0.25, 0.3) is 0 Å². The summed E-state index contributed by atoms with van der Waals surface area (Å²) in [5.74, 6) is 0.878. The van der Waals surface area contributed by atoms with E-state index >= 15 is 0 Å². The van der Waals surface area contributed by atoms with Crippen LogP contribution in [0.3, 0.4) is 0 Å². The third-order valence-corrected chi connectivity index (χ3v) is 3.02. The van der Waals surface area contributed by atoms with Crippen LogP contribution in [0, 0.1) is 11.3 Å². The summed E-state index contributed by atoms with van der Waals surface area (Å²) in [4.78, 5) is 2.13. The maximum absolute atomic E-state index is 8.72. The van der Waals surface area contributed by atoms with Gasteiger partial charge in [0, 0.05) is 12.2 Å². The Kier molecular flexibility index (Phi) is 4.43. The molecule has 0 atom stereocenters. The standard InChI is InChI=1S/C14H13BrN2O/c15-14-8-7-13(18-14)11-17(10-4-9-16)12-5-2-1-3-6-12/h1-3,5-8H,4,10-11H2. The van der Waals surface area contributed by atoms with E-state index in [4.69, 9.17) is 9.68 Å². The van der Waals surface area contributed by atoms with Gasteiger partial charge in [-0.05, 0) is 40.2 Å². The number of hydrogen-bond acceptors (Lipinski definition) is 3. The fraction of sp³-hybridized carbons (Fsp3) is 0.214. The van der Waals surface area contributed by atoms with Gasteiger partial charge in [0.15, 0.2) is 4.67 Å². The fourth-order valence-electron chi connectivity index (χ4n) is 1.75. The van der Waals surface area contributed by atoms with Crippen molar-refractivity contribution in [2.24, 2.45) is 0 Å². The molecule has 2 rings (SSSR count). The van der Waals surface area contributed by atoms with Gasteiger partial charge in [-0.2, -0.15) is 5.26 Å². The van der Waals surface area contributed by atoms with Gasteiger partial charge in [-0.1, -0.05) is 18.2 Å². The highest BCUT2D eigenvalue weighted by molar-refractivity contribution is 9.10. The molecule has 0 bridgehead atoms. The van der Waals surface area contributed by atoms with E-state index in [2.05, 4.69) is 26.9 Å². The lowest BCUT2D eigenvalue weighted by molar-refractivity contribution is 0.482. The minimum absolute atomic E-state index is 0.497. The predicted octanol–water partition coefficient (Wildman–Crippen LogP) is 3.96. The van der Waals surface area contributed by atoms with E-state index in [1.54, 1.807) is 0 Å². The van der Waals surface area contributed by atoms with Crippen LogP contribution < -0.4 is 4.90 Å². The van der Waals surface area contributed by atoms with Crippen LogP contribution in [0.4, 0.5) is 5.69 Å². The molecule has 0 fully saturated rings. The molecule has 0 unspecified atom stereocenters. The molecule has 0 spiro atoms. The van der Waals surface area contributed by atoms with Crippen molar-refractivity contribution in [3.8, 4) is 6.07 Å². The number of nitriles is 1. The van der Waals surface area contributed by atoms with E-state index in [-0.39, 0.29) is 0 Å². The van der Waals surface area contributed by atoms with Gasteiger partial charge in [0.2, 0.25) is 0 Å². The number of para-hydroxylation sites is 1. The molecule has 18 heavy (non-hydrogen) atoms. The maximum Gasteiger partial charge on any atom is 0.169 e. The lowest BCUT2D eigenvalue weighted by atomic mass is 10.2. The van der Waals surface area contributed by atoms with Crippen molar-refractivity contribution in [1.29, 1.82) is 5.26 Å². The Morgan fingerprint density at radius 3 is 2.56 bits per heavy atom. The predicted molar refractivity (Wildman–Crippen MR) is 74.1 cm³/mol. The number of rotatable bonds is 5. The number of anilines is 1. The van der Waals surface area contributed by atoms with Crippen LogP contribution in [0.2, 0.25) is 0 Å². The van der Waals surface area contributed by atoms with Crippen LogP contribution in [0.1, 0.15) is 12.2 Å². The molecule has 1 heterocycles. The molecule has 0 radical (unpaired) electrons. The average molecular weight is 305 g/mol. The molecule has 0 amide bonds. The molecule has 0 aliphatic rings. The lowest BCUT2D eigenvalue weighted by Crippen LogP contribution is -2.23. The van der Waals surface area contributed by atoms with Gasteiger partial charge in [-0.3, -0.25) is 0 Å². The monoisotopic (exact) mass is 304 g/mol. The van der Waals surface area contributed by atoms with E-state index < -0.39 is 0 Å². The highest BCUT2D eigenvalue weighted by Gasteiger charge is 2.09. The van der Waals surface area contributed by atoms with Crippen LogP contribution in [0.15, 0.2) is 51.6 Å². The zero-order chi connectivity index (χ0) is 12.8. The minimum Gasteiger partial charge on any atom is -0.452 e. The number of nitrogens with zero attached hydrogens (tertiary/aromatic N) is 2. The molecule has 4 heteroatoms. The van der Waals surface area contributed by atoms with E-state index in [1.165, 1.54) is 0 Å². The smallest absolute Gasteiger partial charge is 0.169 e. The largest absolute Gasteiger partial charge is 0.452 e. The Morgan fingerprint density at radius 2 is 1.94 bits per heavy atom. The Bertz CT molecular complexity index is 530. The summed E-state index contributed by atoms with van der Waals surface area (Å²) in [7, 11) is 0. The summed E-state index contributed by atoms with van der Waals surface area (Å²) in [5, 5.41) is 8.72. The van der Waals surface area contributed by atoms with Crippen molar-refractivity contribution in [3.05, 3.63) is 52.9 Å². The second-order valence-electron chi connectivity index (χ2n) is 3.87. The molecule has 3 nitrogen and oxygen atoms in total. The highest BCUT2D eigenvalue weighted by atomic mass is 79.9. The third-order valence-electron chi connectivity index (χ3n) is 2.59. The van der Waals surface area contributed by atoms with Gasteiger partial charge in [0.1, 0.15) is 5.76 Å². The SMILES string of the molecule is N#CCCN(Cc1ccc(Br)o1)c1ccccc1. The Hall–Kier alpha value is -1.73. The molecule has 92 valence electrons. The molecule has 0 saturated heterocycles. The molecule has 1 aromatic heterocycles. The first-order valence-electron chi connectivity index (χ1n) is 5.71. The second-order valence-corrected chi connectivity index (χ2v) is 4.65. The van der Waals surface area contributed by atoms with E-state index in [1.807, 2.05) is 42.5 Å². The first-order valence-corrected chi connectivity index (χ1v) is 6.50. The van der Waals surface area contributed by atoms with Gasteiger partial charge in [-0.15, -0.1) is 0 Å². The first kappa shape index (κ1) is 12.7. The molecular formula is C14H13BrN2O. The number of hydrogen-bond donors (Lipinski definition) is 0. The van der Waals surface area contributed by atoms with Gasteiger partial charge in [-0.25, -0.2) is 0 Å². The van der Waals surface area contributed by atoms with Gasteiger partial charge < -0.3 is 9.32 Å². The van der Waals surface area contributed by atoms with Crippen LogP contribution >= 0.6 is 15.9 Å². The quantitative estimate of drug-likeness (QED) is 0.839. The highest BCUT2D eigenvalue weighted by Crippen LogP contribution is 2.20. The molecule has 2 aromatic rings. The molecule has 1 aromatic carbocycles. The zero-order valence-corrected chi connectivity index (χ0v) is 11.4. The molecule has 0 N–H and O–H groups in total. The fourth-order valence-corrected chi connectivity index (χ4v) is 2.09. The van der Waals surface area contributed by atoms with Crippen molar-refractivity contribution in [3.63, 3.8) is 0 Å².